The van der Waals surface area contributed by atoms with Gasteiger partial charge in [0.2, 0.25) is 10.0 Å². The SMILES string of the molecule is NCCCC1CCCN1S(=O)(=O)c1cccnc1. The van der Waals surface area contributed by atoms with E-state index in [1.54, 1.807) is 22.6 Å². The van der Waals surface area contributed by atoms with Crippen molar-refractivity contribution in [1.29, 1.82) is 0 Å². The number of hydrogen-bond donors (Lipinski definition) is 1. The van der Waals surface area contributed by atoms with Crippen molar-refractivity contribution in [2.45, 2.75) is 36.6 Å². The molecular formula is C12H19N3O2S. The fraction of sp³-hybridized carbons (Fsp3) is 0.583. The van der Waals surface area contributed by atoms with Crippen LogP contribution in [0.5, 0.6) is 0 Å². The monoisotopic (exact) mass is 269 g/mol. The molecule has 1 unspecified atom stereocenters. The molecular weight excluding hydrogens is 250 g/mol. The maximum Gasteiger partial charge on any atom is 0.244 e. The van der Waals surface area contributed by atoms with E-state index in [9.17, 15) is 8.42 Å². The lowest BCUT2D eigenvalue weighted by Crippen LogP contribution is -2.35. The molecule has 1 atom stereocenters. The van der Waals surface area contributed by atoms with E-state index in [1.807, 2.05) is 0 Å². The van der Waals surface area contributed by atoms with Crippen LogP contribution in [0.1, 0.15) is 25.7 Å². The van der Waals surface area contributed by atoms with Crippen molar-refractivity contribution in [2.24, 2.45) is 5.73 Å². The number of rotatable bonds is 5. The highest BCUT2D eigenvalue weighted by Gasteiger charge is 2.34. The highest BCUT2D eigenvalue weighted by Crippen LogP contribution is 2.27. The Morgan fingerprint density at radius 2 is 2.33 bits per heavy atom. The lowest BCUT2D eigenvalue weighted by molar-refractivity contribution is 0.365. The minimum atomic E-state index is -3.39. The van der Waals surface area contributed by atoms with Gasteiger partial charge in [-0.15, -0.1) is 0 Å². The summed E-state index contributed by atoms with van der Waals surface area (Å²) in [7, 11) is -3.39. The predicted octanol–water partition coefficient (Wildman–Crippen LogP) is 0.974. The third-order valence-corrected chi connectivity index (χ3v) is 5.24. The molecule has 100 valence electrons. The van der Waals surface area contributed by atoms with Crippen LogP contribution in [-0.2, 0) is 10.0 Å². The van der Waals surface area contributed by atoms with E-state index in [-0.39, 0.29) is 10.9 Å². The first kappa shape index (κ1) is 13.5. The van der Waals surface area contributed by atoms with Gasteiger partial charge in [0.05, 0.1) is 0 Å². The van der Waals surface area contributed by atoms with Gasteiger partial charge in [-0.3, -0.25) is 4.98 Å². The molecule has 1 aromatic heterocycles. The van der Waals surface area contributed by atoms with E-state index in [4.69, 9.17) is 5.73 Å². The summed E-state index contributed by atoms with van der Waals surface area (Å²) < 4.78 is 26.5. The van der Waals surface area contributed by atoms with Crippen LogP contribution in [0.4, 0.5) is 0 Å². The molecule has 0 radical (unpaired) electrons. The van der Waals surface area contributed by atoms with Gasteiger partial charge in [-0.2, -0.15) is 4.31 Å². The van der Waals surface area contributed by atoms with Crippen LogP contribution in [0.3, 0.4) is 0 Å². The van der Waals surface area contributed by atoms with E-state index >= 15 is 0 Å². The second-order valence-corrected chi connectivity index (χ2v) is 6.42. The van der Waals surface area contributed by atoms with E-state index in [0.717, 1.165) is 25.7 Å². The van der Waals surface area contributed by atoms with Gasteiger partial charge in [-0.25, -0.2) is 8.42 Å². The van der Waals surface area contributed by atoms with E-state index in [0.29, 0.717) is 13.1 Å². The molecule has 5 nitrogen and oxygen atoms in total. The zero-order valence-corrected chi connectivity index (χ0v) is 11.1. The van der Waals surface area contributed by atoms with Crippen molar-refractivity contribution in [3.8, 4) is 0 Å². The van der Waals surface area contributed by atoms with E-state index < -0.39 is 10.0 Å². The van der Waals surface area contributed by atoms with Crippen LogP contribution in [0.15, 0.2) is 29.4 Å². The van der Waals surface area contributed by atoms with Crippen molar-refractivity contribution in [3.63, 3.8) is 0 Å². The summed E-state index contributed by atoms with van der Waals surface area (Å²) in [5.74, 6) is 0. The van der Waals surface area contributed by atoms with Crippen LogP contribution >= 0.6 is 0 Å². The molecule has 1 aliphatic rings. The third kappa shape index (κ3) is 2.71. The largest absolute Gasteiger partial charge is 0.330 e. The van der Waals surface area contributed by atoms with Gasteiger partial charge in [0, 0.05) is 25.0 Å². The van der Waals surface area contributed by atoms with Crippen molar-refractivity contribution in [1.82, 2.24) is 9.29 Å². The molecule has 0 aliphatic carbocycles. The van der Waals surface area contributed by atoms with Crippen molar-refractivity contribution < 1.29 is 8.42 Å². The summed E-state index contributed by atoms with van der Waals surface area (Å²) in [6.07, 6.45) is 6.55. The number of aromatic nitrogens is 1. The smallest absolute Gasteiger partial charge is 0.244 e. The Morgan fingerprint density at radius 3 is 3.00 bits per heavy atom. The summed E-state index contributed by atoms with van der Waals surface area (Å²) in [5.41, 5.74) is 5.49. The maximum atomic E-state index is 12.5. The number of nitrogens with zero attached hydrogens (tertiary/aromatic N) is 2. The molecule has 1 aromatic rings. The lowest BCUT2D eigenvalue weighted by Gasteiger charge is -2.23. The van der Waals surface area contributed by atoms with Crippen molar-refractivity contribution in [2.75, 3.05) is 13.1 Å². The molecule has 6 heteroatoms. The summed E-state index contributed by atoms with van der Waals surface area (Å²) in [6, 6.07) is 3.34. The highest BCUT2D eigenvalue weighted by atomic mass is 32.2. The molecule has 18 heavy (non-hydrogen) atoms. The van der Waals surface area contributed by atoms with Gasteiger partial charge < -0.3 is 5.73 Å². The Hall–Kier alpha value is -0.980. The fourth-order valence-electron chi connectivity index (χ4n) is 2.40. The predicted molar refractivity (Wildman–Crippen MR) is 69.4 cm³/mol. The fourth-order valence-corrected chi connectivity index (χ4v) is 4.09. The van der Waals surface area contributed by atoms with Crippen LogP contribution in [0, 0.1) is 0 Å². The first-order chi connectivity index (χ1) is 8.66. The normalized spacial score (nSPS) is 21.3. The van der Waals surface area contributed by atoms with Crippen molar-refractivity contribution >= 4 is 10.0 Å². The molecule has 0 bridgehead atoms. The van der Waals surface area contributed by atoms with Gasteiger partial charge >= 0.3 is 0 Å². The first-order valence-corrected chi connectivity index (χ1v) is 7.72. The average molecular weight is 269 g/mol. The molecule has 2 heterocycles. The molecule has 0 spiro atoms. The summed E-state index contributed by atoms with van der Waals surface area (Å²) in [4.78, 5) is 4.17. The molecule has 1 aliphatic heterocycles. The standard InChI is InChI=1S/C12H19N3O2S/c13-7-1-4-11-5-3-9-15(11)18(16,17)12-6-2-8-14-10-12/h2,6,8,10-11H,1,3-5,7,9,13H2. The van der Waals surface area contributed by atoms with Crippen LogP contribution in [-0.4, -0.2) is 36.8 Å². The summed E-state index contributed by atoms with van der Waals surface area (Å²) in [5, 5.41) is 0. The first-order valence-electron chi connectivity index (χ1n) is 6.28. The molecule has 1 saturated heterocycles. The topological polar surface area (TPSA) is 76.3 Å². The van der Waals surface area contributed by atoms with Gasteiger partial charge in [0.1, 0.15) is 4.90 Å². The van der Waals surface area contributed by atoms with Gasteiger partial charge in [-0.1, -0.05) is 0 Å². The Kier molecular flexibility index (Phi) is 4.31. The number of nitrogens with two attached hydrogens (primary N) is 1. The Balaban J connectivity index is 2.19. The summed E-state index contributed by atoms with van der Waals surface area (Å²) in [6.45, 7) is 1.21. The van der Waals surface area contributed by atoms with E-state index in [1.165, 1.54) is 6.20 Å². The Labute approximate surface area is 108 Å². The minimum Gasteiger partial charge on any atom is -0.330 e. The number of sulfonamides is 1. The third-order valence-electron chi connectivity index (χ3n) is 3.31. The van der Waals surface area contributed by atoms with Crippen LogP contribution in [0.2, 0.25) is 0 Å². The zero-order valence-electron chi connectivity index (χ0n) is 10.3. The molecule has 0 amide bonds. The Morgan fingerprint density at radius 1 is 1.50 bits per heavy atom. The second kappa shape index (κ2) is 5.77. The van der Waals surface area contributed by atoms with Gasteiger partial charge in [0.25, 0.3) is 0 Å². The second-order valence-electron chi connectivity index (χ2n) is 4.53. The quantitative estimate of drug-likeness (QED) is 0.864. The lowest BCUT2D eigenvalue weighted by atomic mass is 10.1. The average Bonchev–Trinajstić information content (AvgIpc) is 2.86. The molecule has 2 N–H and O–H groups in total. The maximum absolute atomic E-state index is 12.5. The van der Waals surface area contributed by atoms with Gasteiger partial charge in [0.15, 0.2) is 0 Å². The number of hydrogen-bond acceptors (Lipinski definition) is 4. The number of pyridine rings is 1. The summed E-state index contributed by atoms with van der Waals surface area (Å²) >= 11 is 0. The zero-order chi connectivity index (χ0) is 13.0. The highest BCUT2D eigenvalue weighted by molar-refractivity contribution is 7.89. The van der Waals surface area contributed by atoms with Crippen LogP contribution in [0.25, 0.3) is 0 Å². The van der Waals surface area contributed by atoms with E-state index in [2.05, 4.69) is 4.98 Å². The molecule has 1 fully saturated rings. The van der Waals surface area contributed by atoms with Crippen LogP contribution < -0.4 is 5.73 Å². The molecule has 0 saturated carbocycles. The Bertz CT molecular complexity index is 475. The van der Waals surface area contributed by atoms with Gasteiger partial charge in [-0.05, 0) is 44.4 Å². The molecule has 2 rings (SSSR count). The minimum absolute atomic E-state index is 0.0961. The molecule has 0 aromatic carbocycles. The van der Waals surface area contributed by atoms with Crippen molar-refractivity contribution in [3.05, 3.63) is 24.5 Å².